The Balaban J connectivity index is 4.41. The number of nitrogens with zero attached hydrogens (tertiary/aromatic N) is 1. The number of hydroxylamine groups is 2. The average Bonchev–Trinajstić information content (AvgIpc) is 2.39. The first-order valence-corrected chi connectivity index (χ1v) is 10.1. The van der Waals surface area contributed by atoms with Gasteiger partial charge in [0.15, 0.2) is 8.32 Å². The number of hydrogen-bond donors (Lipinski definition) is 1. The molecule has 0 unspecified atom stereocenters. The van der Waals surface area contributed by atoms with Crippen LogP contribution in [0.2, 0.25) is 18.1 Å². The van der Waals surface area contributed by atoms with E-state index in [1.165, 1.54) is 14.2 Å². The average molecular weight is 318 g/mol. The summed E-state index contributed by atoms with van der Waals surface area (Å²) in [6.07, 6.45) is 2.54. The van der Waals surface area contributed by atoms with Gasteiger partial charge in [0.05, 0.1) is 25.7 Å². The second kappa shape index (κ2) is 8.08. The SMILES string of the molecule is CON(C)C(=O)[C@@H](C)[C@@H](O)/C=C/CO[Si](C)(C)C(C)(C)C. The highest BCUT2D eigenvalue weighted by Gasteiger charge is 2.36. The highest BCUT2D eigenvalue weighted by molar-refractivity contribution is 6.74. The first kappa shape index (κ1) is 20.3. The van der Waals surface area contributed by atoms with Crippen molar-refractivity contribution in [2.75, 3.05) is 20.8 Å². The summed E-state index contributed by atoms with van der Waals surface area (Å²) < 4.78 is 5.97. The number of aliphatic hydroxyl groups is 1. The van der Waals surface area contributed by atoms with Crippen molar-refractivity contribution in [3.63, 3.8) is 0 Å². The molecule has 0 aromatic carbocycles. The van der Waals surface area contributed by atoms with Gasteiger partial charge in [0.2, 0.25) is 0 Å². The lowest BCUT2D eigenvalue weighted by Gasteiger charge is -2.35. The van der Waals surface area contributed by atoms with Gasteiger partial charge in [-0.15, -0.1) is 0 Å². The van der Waals surface area contributed by atoms with Crippen molar-refractivity contribution < 1.29 is 19.2 Å². The Kier molecular flexibility index (Phi) is 7.81. The summed E-state index contributed by atoms with van der Waals surface area (Å²) in [6.45, 7) is 13.0. The second-order valence-corrected chi connectivity index (χ2v) is 11.6. The maximum absolute atomic E-state index is 11.8. The van der Waals surface area contributed by atoms with E-state index in [1.807, 2.05) is 0 Å². The van der Waals surface area contributed by atoms with Gasteiger partial charge in [-0.2, -0.15) is 0 Å². The molecule has 5 nitrogen and oxygen atoms in total. The van der Waals surface area contributed by atoms with Crippen molar-refractivity contribution in [1.29, 1.82) is 0 Å². The van der Waals surface area contributed by atoms with Crippen LogP contribution >= 0.6 is 0 Å². The molecule has 0 aromatic rings. The van der Waals surface area contributed by atoms with E-state index in [0.29, 0.717) is 6.61 Å². The van der Waals surface area contributed by atoms with Gasteiger partial charge in [0.1, 0.15) is 0 Å². The van der Waals surface area contributed by atoms with Gasteiger partial charge in [0, 0.05) is 7.05 Å². The normalized spacial score (nSPS) is 16.0. The van der Waals surface area contributed by atoms with Crippen LogP contribution in [0.3, 0.4) is 0 Å². The summed E-state index contributed by atoms with van der Waals surface area (Å²) in [5.41, 5.74) is 0. The molecule has 0 heterocycles. The topological polar surface area (TPSA) is 59.0 Å². The third-order valence-corrected chi connectivity index (χ3v) is 8.67. The van der Waals surface area contributed by atoms with E-state index >= 15 is 0 Å². The lowest BCUT2D eigenvalue weighted by atomic mass is 10.0. The monoisotopic (exact) mass is 317 g/mol. The van der Waals surface area contributed by atoms with Gasteiger partial charge in [-0.25, -0.2) is 5.06 Å². The quantitative estimate of drug-likeness (QED) is 0.445. The van der Waals surface area contributed by atoms with Gasteiger partial charge < -0.3 is 9.53 Å². The Morgan fingerprint density at radius 1 is 1.38 bits per heavy atom. The molecular formula is C15H31NO4Si. The minimum absolute atomic E-state index is 0.157. The van der Waals surface area contributed by atoms with E-state index in [0.717, 1.165) is 5.06 Å². The number of carbonyl (C=O) groups excluding carboxylic acids is 1. The summed E-state index contributed by atoms with van der Waals surface area (Å²) in [5.74, 6) is -0.820. The van der Waals surface area contributed by atoms with Gasteiger partial charge in [-0.05, 0) is 18.1 Å². The zero-order valence-corrected chi connectivity index (χ0v) is 15.6. The van der Waals surface area contributed by atoms with Crippen LogP contribution < -0.4 is 0 Å². The summed E-state index contributed by atoms with van der Waals surface area (Å²) in [7, 11) is 1.16. The molecule has 1 amide bonds. The van der Waals surface area contributed by atoms with Crippen LogP contribution in [0.1, 0.15) is 27.7 Å². The van der Waals surface area contributed by atoms with Crippen LogP contribution in [-0.2, 0) is 14.1 Å². The molecule has 0 saturated heterocycles. The fourth-order valence-electron chi connectivity index (χ4n) is 1.36. The Bertz CT molecular complexity index is 363. The molecule has 0 aliphatic heterocycles. The lowest BCUT2D eigenvalue weighted by Crippen LogP contribution is -2.40. The molecule has 0 aliphatic carbocycles. The lowest BCUT2D eigenvalue weighted by molar-refractivity contribution is -0.175. The molecule has 1 N–H and O–H groups in total. The third kappa shape index (κ3) is 6.30. The van der Waals surface area contributed by atoms with E-state index in [4.69, 9.17) is 9.26 Å². The molecule has 0 radical (unpaired) electrons. The summed E-state index contributed by atoms with van der Waals surface area (Å²) in [4.78, 5) is 16.6. The van der Waals surface area contributed by atoms with Gasteiger partial charge in [0.25, 0.3) is 5.91 Å². The Labute approximate surface area is 130 Å². The van der Waals surface area contributed by atoms with Crippen LogP contribution in [0.15, 0.2) is 12.2 Å². The predicted octanol–water partition coefficient (Wildman–Crippen LogP) is 2.58. The zero-order chi connectivity index (χ0) is 16.8. The molecule has 0 fully saturated rings. The second-order valence-electron chi connectivity index (χ2n) is 6.80. The summed E-state index contributed by atoms with van der Waals surface area (Å²) in [6, 6.07) is 0. The maximum atomic E-state index is 11.8. The number of hydrogen-bond acceptors (Lipinski definition) is 4. The molecule has 0 aliphatic rings. The Hall–Kier alpha value is -0.693. The molecule has 2 atom stereocenters. The van der Waals surface area contributed by atoms with Crippen molar-refractivity contribution in [2.24, 2.45) is 5.92 Å². The van der Waals surface area contributed by atoms with E-state index < -0.39 is 20.3 Å². The molecule has 6 heteroatoms. The fourth-order valence-corrected chi connectivity index (χ4v) is 2.30. The van der Waals surface area contributed by atoms with Gasteiger partial charge in [-0.1, -0.05) is 39.8 Å². The van der Waals surface area contributed by atoms with Crippen molar-refractivity contribution >= 4 is 14.2 Å². The van der Waals surface area contributed by atoms with Crippen molar-refractivity contribution in [2.45, 2.75) is 51.9 Å². The van der Waals surface area contributed by atoms with Crippen LogP contribution in [0.5, 0.6) is 0 Å². The highest BCUT2D eigenvalue weighted by Crippen LogP contribution is 2.36. The van der Waals surface area contributed by atoms with Gasteiger partial charge >= 0.3 is 0 Å². The summed E-state index contributed by atoms with van der Waals surface area (Å²) >= 11 is 0. The molecule has 0 bridgehead atoms. The molecule has 21 heavy (non-hydrogen) atoms. The van der Waals surface area contributed by atoms with Gasteiger partial charge in [-0.3, -0.25) is 9.63 Å². The van der Waals surface area contributed by atoms with Crippen LogP contribution in [0, 0.1) is 5.92 Å². The predicted molar refractivity (Wildman–Crippen MR) is 87.2 cm³/mol. The number of aliphatic hydroxyl groups excluding tert-OH is 1. The number of rotatable bonds is 7. The maximum Gasteiger partial charge on any atom is 0.251 e. The van der Waals surface area contributed by atoms with Crippen LogP contribution in [-0.4, -0.2) is 51.3 Å². The minimum Gasteiger partial charge on any atom is -0.413 e. The molecular weight excluding hydrogens is 286 g/mol. The van der Waals surface area contributed by atoms with Crippen molar-refractivity contribution in [1.82, 2.24) is 5.06 Å². The number of amides is 1. The first-order valence-electron chi connectivity index (χ1n) is 7.24. The van der Waals surface area contributed by atoms with Crippen molar-refractivity contribution in [3.05, 3.63) is 12.2 Å². The fraction of sp³-hybridized carbons (Fsp3) is 0.800. The zero-order valence-electron chi connectivity index (χ0n) is 14.6. The minimum atomic E-state index is -1.78. The van der Waals surface area contributed by atoms with E-state index in [1.54, 1.807) is 19.1 Å². The Morgan fingerprint density at radius 3 is 2.33 bits per heavy atom. The molecule has 0 saturated carbocycles. The highest BCUT2D eigenvalue weighted by atomic mass is 28.4. The van der Waals surface area contributed by atoms with E-state index in [-0.39, 0.29) is 10.9 Å². The molecule has 0 spiro atoms. The smallest absolute Gasteiger partial charge is 0.251 e. The van der Waals surface area contributed by atoms with Crippen LogP contribution in [0.4, 0.5) is 0 Å². The third-order valence-electron chi connectivity index (χ3n) is 4.17. The first-order chi connectivity index (χ1) is 9.44. The standard InChI is InChI=1S/C15H31NO4Si/c1-12(14(18)16(5)19-6)13(17)10-9-11-20-21(7,8)15(2,3)4/h9-10,12-13,17H,11H2,1-8H3/b10-9+/t12-,13-/m0/s1. The summed E-state index contributed by atoms with van der Waals surface area (Å²) in [5, 5.41) is 11.3. The molecule has 0 rings (SSSR count). The molecule has 124 valence electrons. The largest absolute Gasteiger partial charge is 0.413 e. The number of carbonyl (C=O) groups is 1. The van der Waals surface area contributed by atoms with E-state index in [2.05, 4.69) is 33.9 Å². The molecule has 0 aromatic heterocycles. The van der Waals surface area contributed by atoms with Crippen molar-refractivity contribution in [3.8, 4) is 0 Å². The van der Waals surface area contributed by atoms with Crippen LogP contribution in [0.25, 0.3) is 0 Å². The van der Waals surface area contributed by atoms with E-state index in [9.17, 15) is 9.90 Å². The Morgan fingerprint density at radius 2 is 1.90 bits per heavy atom.